The van der Waals surface area contributed by atoms with Crippen LogP contribution in [0.2, 0.25) is 0 Å². The lowest BCUT2D eigenvalue weighted by atomic mass is 9.99. The topological polar surface area (TPSA) is 57.2 Å². The standard InChI is InChI=1S/C23H30N4O2S/c1-4-29-20-9-7-18(8-10-20)19-11-13-27(14-12-19)23(25-17-22(28)26(2)3)24-16-21-6-5-15-30-21/h5-11,15H,4,12-14,16-17H2,1-3H3,(H,24,25). The van der Waals surface area contributed by atoms with Gasteiger partial charge in [-0.15, -0.1) is 11.3 Å². The number of nitrogens with one attached hydrogen (secondary N) is 1. The molecule has 1 amide bonds. The summed E-state index contributed by atoms with van der Waals surface area (Å²) < 4.78 is 5.54. The van der Waals surface area contributed by atoms with E-state index in [9.17, 15) is 4.79 Å². The smallest absolute Gasteiger partial charge is 0.243 e. The number of amides is 1. The van der Waals surface area contributed by atoms with Crippen molar-refractivity contribution < 1.29 is 9.53 Å². The highest BCUT2D eigenvalue weighted by atomic mass is 32.1. The van der Waals surface area contributed by atoms with Crippen molar-refractivity contribution in [1.29, 1.82) is 0 Å². The minimum atomic E-state index is -0.00643. The Balaban J connectivity index is 1.67. The van der Waals surface area contributed by atoms with Crippen molar-refractivity contribution in [3.63, 3.8) is 0 Å². The fraction of sp³-hybridized carbons (Fsp3) is 0.391. The van der Waals surface area contributed by atoms with Crippen LogP contribution in [0.4, 0.5) is 0 Å². The molecule has 1 aromatic carbocycles. The van der Waals surface area contributed by atoms with E-state index >= 15 is 0 Å². The molecular formula is C23H30N4O2S. The SMILES string of the molecule is CCOc1ccc(C2=CCN(C(=NCC(=O)N(C)C)NCc3cccs3)CC2)cc1. The molecule has 0 radical (unpaired) electrons. The zero-order valence-electron chi connectivity index (χ0n) is 17.9. The maximum atomic E-state index is 12.0. The van der Waals surface area contributed by atoms with E-state index in [4.69, 9.17) is 4.74 Å². The van der Waals surface area contributed by atoms with E-state index < -0.39 is 0 Å². The van der Waals surface area contributed by atoms with Crippen molar-refractivity contribution in [3.05, 3.63) is 58.3 Å². The molecule has 0 unspecified atom stereocenters. The number of aliphatic imine (C=N–C) groups is 1. The van der Waals surface area contributed by atoms with Crippen molar-refractivity contribution in [3.8, 4) is 5.75 Å². The molecule has 0 saturated heterocycles. The highest BCUT2D eigenvalue weighted by molar-refractivity contribution is 7.09. The monoisotopic (exact) mass is 426 g/mol. The molecule has 0 spiro atoms. The summed E-state index contributed by atoms with van der Waals surface area (Å²) in [5, 5.41) is 5.50. The van der Waals surface area contributed by atoms with Gasteiger partial charge in [-0.05, 0) is 48.1 Å². The van der Waals surface area contributed by atoms with Gasteiger partial charge in [0.1, 0.15) is 12.3 Å². The summed E-state index contributed by atoms with van der Waals surface area (Å²) in [6.07, 6.45) is 3.17. The molecule has 0 saturated carbocycles. The van der Waals surface area contributed by atoms with Gasteiger partial charge < -0.3 is 19.9 Å². The van der Waals surface area contributed by atoms with Gasteiger partial charge in [0, 0.05) is 32.1 Å². The summed E-state index contributed by atoms with van der Waals surface area (Å²) in [5.74, 6) is 1.67. The van der Waals surface area contributed by atoms with Crippen molar-refractivity contribution in [1.82, 2.24) is 15.1 Å². The molecule has 1 aliphatic heterocycles. The molecular weight excluding hydrogens is 396 g/mol. The molecule has 0 aliphatic carbocycles. The van der Waals surface area contributed by atoms with Crippen molar-refractivity contribution in [2.24, 2.45) is 4.99 Å². The number of thiophene rings is 1. The molecule has 0 bridgehead atoms. The molecule has 160 valence electrons. The van der Waals surface area contributed by atoms with Crippen molar-refractivity contribution in [2.45, 2.75) is 19.9 Å². The second-order valence-electron chi connectivity index (χ2n) is 7.24. The van der Waals surface area contributed by atoms with Gasteiger partial charge in [-0.1, -0.05) is 24.3 Å². The number of benzene rings is 1. The van der Waals surface area contributed by atoms with Gasteiger partial charge in [0.2, 0.25) is 5.91 Å². The quantitative estimate of drug-likeness (QED) is 0.544. The summed E-state index contributed by atoms with van der Waals surface area (Å²) in [7, 11) is 3.51. The van der Waals surface area contributed by atoms with Crippen LogP contribution in [-0.2, 0) is 11.3 Å². The second kappa shape index (κ2) is 10.8. The first-order valence-electron chi connectivity index (χ1n) is 10.2. The molecule has 7 heteroatoms. The Morgan fingerprint density at radius 3 is 2.67 bits per heavy atom. The first kappa shape index (κ1) is 21.9. The Labute approximate surface area is 182 Å². The van der Waals surface area contributed by atoms with Gasteiger partial charge >= 0.3 is 0 Å². The van der Waals surface area contributed by atoms with Crippen LogP contribution in [0, 0.1) is 0 Å². The van der Waals surface area contributed by atoms with E-state index in [-0.39, 0.29) is 12.5 Å². The Morgan fingerprint density at radius 2 is 2.07 bits per heavy atom. The fourth-order valence-corrected chi connectivity index (χ4v) is 3.83. The molecule has 1 N–H and O–H groups in total. The Kier molecular flexibility index (Phi) is 7.90. The predicted molar refractivity (Wildman–Crippen MR) is 124 cm³/mol. The van der Waals surface area contributed by atoms with Crippen LogP contribution in [0.15, 0.2) is 52.8 Å². The molecule has 3 rings (SSSR count). The summed E-state index contributed by atoms with van der Waals surface area (Å²) in [5.41, 5.74) is 2.56. The van der Waals surface area contributed by atoms with Crippen LogP contribution in [0.1, 0.15) is 23.8 Å². The molecule has 1 aromatic heterocycles. The highest BCUT2D eigenvalue weighted by Crippen LogP contribution is 2.24. The number of guanidine groups is 1. The highest BCUT2D eigenvalue weighted by Gasteiger charge is 2.17. The third-order valence-corrected chi connectivity index (χ3v) is 5.78. The third-order valence-electron chi connectivity index (χ3n) is 4.91. The average Bonchev–Trinajstić information content (AvgIpc) is 3.28. The van der Waals surface area contributed by atoms with E-state index in [0.29, 0.717) is 13.2 Å². The normalized spacial score (nSPS) is 14.3. The lowest BCUT2D eigenvalue weighted by molar-refractivity contribution is -0.127. The number of hydrogen-bond acceptors (Lipinski definition) is 4. The van der Waals surface area contributed by atoms with Crippen LogP contribution in [0.5, 0.6) is 5.75 Å². The number of hydrogen-bond donors (Lipinski definition) is 1. The Hall–Kier alpha value is -2.80. The van der Waals surface area contributed by atoms with Gasteiger partial charge in [-0.25, -0.2) is 4.99 Å². The van der Waals surface area contributed by atoms with E-state index in [1.807, 2.05) is 25.1 Å². The molecule has 6 nitrogen and oxygen atoms in total. The maximum absolute atomic E-state index is 12.0. The van der Waals surface area contributed by atoms with Crippen LogP contribution in [0.25, 0.3) is 5.57 Å². The minimum absolute atomic E-state index is 0.00643. The number of nitrogens with zero attached hydrogens (tertiary/aromatic N) is 3. The predicted octanol–water partition coefficient (Wildman–Crippen LogP) is 3.47. The van der Waals surface area contributed by atoms with Crippen LogP contribution in [-0.4, -0.2) is 62.0 Å². The van der Waals surface area contributed by atoms with Gasteiger partial charge in [0.05, 0.1) is 13.2 Å². The van der Waals surface area contributed by atoms with Gasteiger partial charge in [-0.3, -0.25) is 4.79 Å². The van der Waals surface area contributed by atoms with Crippen LogP contribution >= 0.6 is 11.3 Å². The first-order valence-corrected chi connectivity index (χ1v) is 11.1. The van der Waals surface area contributed by atoms with E-state index in [1.54, 1.807) is 30.3 Å². The van der Waals surface area contributed by atoms with Gasteiger partial charge in [0.25, 0.3) is 0 Å². The first-order chi connectivity index (χ1) is 14.6. The summed E-state index contributed by atoms with van der Waals surface area (Å²) in [6, 6.07) is 12.4. The summed E-state index contributed by atoms with van der Waals surface area (Å²) in [6.45, 7) is 5.13. The lowest BCUT2D eigenvalue weighted by Gasteiger charge is -2.30. The van der Waals surface area contributed by atoms with E-state index in [0.717, 1.165) is 31.2 Å². The van der Waals surface area contributed by atoms with E-state index in [2.05, 4.69) is 44.9 Å². The van der Waals surface area contributed by atoms with Gasteiger partial charge in [0.15, 0.2) is 5.96 Å². The number of likely N-dealkylation sites (N-methyl/N-ethyl adjacent to an activating group) is 1. The van der Waals surface area contributed by atoms with Crippen LogP contribution in [0.3, 0.4) is 0 Å². The van der Waals surface area contributed by atoms with Gasteiger partial charge in [-0.2, -0.15) is 0 Å². The Bertz CT molecular complexity index is 873. The molecule has 2 aromatic rings. The summed E-state index contributed by atoms with van der Waals surface area (Å²) in [4.78, 5) is 21.6. The maximum Gasteiger partial charge on any atom is 0.243 e. The molecule has 1 aliphatic rings. The van der Waals surface area contributed by atoms with Crippen LogP contribution < -0.4 is 10.1 Å². The molecule has 2 heterocycles. The average molecular weight is 427 g/mol. The summed E-state index contributed by atoms with van der Waals surface area (Å²) >= 11 is 1.71. The van der Waals surface area contributed by atoms with E-state index in [1.165, 1.54) is 16.0 Å². The number of carbonyl (C=O) groups excluding carboxylic acids is 1. The third kappa shape index (κ3) is 6.10. The zero-order chi connectivity index (χ0) is 21.3. The number of ether oxygens (including phenoxy) is 1. The van der Waals surface area contributed by atoms with Crippen molar-refractivity contribution >= 4 is 28.8 Å². The number of carbonyl (C=O) groups is 1. The lowest BCUT2D eigenvalue weighted by Crippen LogP contribution is -2.43. The molecule has 0 fully saturated rings. The Morgan fingerprint density at radius 1 is 1.27 bits per heavy atom. The molecule has 30 heavy (non-hydrogen) atoms. The number of rotatable bonds is 7. The van der Waals surface area contributed by atoms with Crippen molar-refractivity contribution in [2.75, 3.05) is 40.3 Å². The second-order valence-corrected chi connectivity index (χ2v) is 8.28. The fourth-order valence-electron chi connectivity index (χ4n) is 3.19. The largest absolute Gasteiger partial charge is 0.494 e. The minimum Gasteiger partial charge on any atom is -0.494 e. The zero-order valence-corrected chi connectivity index (χ0v) is 18.7. The molecule has 0 atom stereocenters.